The van der Waals surface area contributed by atoms with Crippen molar-refractivity contribution < 1.29 is 18.3 Å². The first kappa shape index (κ1) is 15.8. The number of alkyl halides is 2. The lowest BCUT2D eigenvalue weighted by Crippen LogP contribution is -2.25. The number of carbonyl (C=O) groups excluding carboxylic acids is 1. The molecule has 1 unspecified atom stereocenters. The summed E-state index contributed by atoms with van der Waals surface area (Å²) in [6.45, 7) is 0.838. The van der Waals surface area contributed by atoms with E-state index in [9.17, 15) is 13.6 Å². The first-order chi connectivity index (χ1) is 10.9. The maximum atomic E-state index is 13.2. The van der Waals surface area contributed by atoms with E-state index in [1.54, 1.807) is 7.11 Å². The Morgan fingerprint density at radius 2 is 1.91 bits per heavy atom. The summed E-state index contributed by atoms with van der Waals surface area (Å²) < 4.78 is 31.8. The Bertz CT molecular complexity index is 667. The van der Waals surface area contributed by atoms with Crippen LogP contribution in [0, 0.1) is 5.92 Å². The highest BCUT2D eigenvalue weighted by Crippen LogP contribution is 2.39. The molecule has 1 aliphatic carbocycles. The number of ether oxygens (including phenoxy) is 1. The van der Waals surface area contributed by atoms with Crippen molar-refractivity contribution in [2.75, 3.05) is 7.11 Å². The summed E-state index contributed by atoms with van der Waals surface area (Å²) in [7, 11) is 1.56. The second-order valence-electron chi connectivity index (χ2n) is 6.15. The van der Waals surface area contributed by atoms with Crippen molar-refractivity contribution in [3.05, 3.63) is 47.0 Å². The van der Waals surface area contributed by atoms with Crippen LogP contribution in [0.3, 0.4) is 0 Å². The molecule has 1 heterocycles. The molecule has 2 aliphatic rings. The highest BCUT2D eigenvalue weighted by atomic mass is 19.3. The van der Waals surface area contributed by atoms with Crippen LogP contribution in [0.4, 0.5) is 8.78 Å². The van der Waals surface area contributed by atoms with Crippen molar-refractivity contribution >= 4 is 11.7 Å². The standard InChI is InChI=1S/C18H19F2NO2/c1-18(19,20)13-7-5-12(6-8-13)16(22)15-10-9-14(11-3-4-11)17(21-15)23-2/h5-9,11,15H,3-4,10H2,1-2H3. The molecule has 1 saturated carbocycles. The van der Waals surface area contributed by atoms with Crippen LogP contribution >= 0.6 is 0 Å². The Hall–Kier alpha value is -2.04. The zero-order valence-electron chi connectivity index (χ0n) is 13.2. The van der Waals surface area contributed by atoms with Gasteiger partial charge < -0.3 is 4.74 Å². The largest absolute Gasteiger partial charge is 0.481 e. The number of ketones is 1. The first-order valence-corrected chi connectivity index (χ1v) is 7.75. The summed E-state index contributed by atoms with van der Waals surface area (Å²) in [6, 6.07) is 4.93. The van der Waals surface area contributed by atoms with Gasteiger partial charge in [0, 0.05) is 23.6 Å². The fraction of sp³-hybridized carbons (Fsp3) is 0.444. The molecule has 1 aliphatic heterocycles. The summed E-state index contributed by atoms with van der Waals surface area (Å²) in [4.78, 5) is 17.0. The summed E-state index contributed by atoms with van der Waals surface area (Å²) in [6.07, 6.45) is 4.84. The van der Waals surface area contributed by atoms with Crippen LogP contribution < -0.4 is 0 Å². The highest BCUT2D eigenvalue weighted by Gasteiger charge is 2.34. The number of Topliss-reactive ketones (excluding diaryl/α,β-unsaturated/α-hetero) is 1. The third kappa shape index (κ3) is 3.33. The summed E-state index contributed by atoms with van der Waals surface area (Å²) in [5.74, 6) is -2.03. The number of hydrogen-bond donors (Lipinski definition) is 0. The molecule has 5 heteroatoms. The van der Waals surface area contributed by atoms with Crippen LogP contribution in [-0.2, 0) is 10.7 Å². The number of carbonyl (C=O) groups is 1. The molecule has 1 aromatic rings. The fourth-order valence-corrected chi connectivity index (χ4v) is 2.79. The van der Waals surface area contributed by atoms with Crippen molar-refractivity contribution in [2.24, 2.45) is 10.9 Å². The predicted molar refractivity (Wildman–Crippen MR) is 84.0 cm³/mol. The quantitative estimate of drug-likeness (QED) is 0.783. The van der Waals surface area contributed by atoms with Gasteiger partial charge in [-0.3, -0.25) is 4.79 Å². The molecule has 0 aromatic heterocycles. The average Bonchev–Trinajstić information content (AvgIpc) is 3.37. The molecular weight excluding hydrogens is 300 g/mol. The van der Waals surface area contributed by atoms with Crippen molar-refractivity contribution in [1.82, 2.24) is 0 Å². The van der Waals surface area contributed by atoms with Gasteiger partial charge in [-0.25, -0.2) is 13.8 Å². The number of hydrogen-bond acceptors (Lipinski definition) is 3. The normalized spacial score (nSPS) is 21.5. The fourth-order valence-electron chi connectivity index (χ4n) is 2.79. The van der Waals surface area contributed by atoms with Crippen LogP contribution in [0.2, 0.25) is 0 Å². The SMILES string of the molecule is COC1=NC(C(=O)c2ccc(C(C)(F)F)cc2)CC=C1C1CC1. The summed E-state index contributed by atoms with van der Waals surface area (Å²) in [5, 5.41) is 0. The summed E-state index contributed by atoms with van der Waals surface area (Å²) >= 11 is 0. The summed E-state index contributed by atoms with van der Waals surface area (Å²) in [5.41, 5.74) is 1.39. The smallest absolute Gasteiger partial charge is 0.270 e. The minimum absolute atomic E-state index is 0.102. The van der Waals surface area contributed by atoms with E-state index in [2.05, 4.69) is 4.99 Å². The maximum absolute atomic E-state index is 13.2. The van der Waals surface area contributed by atoms with Crippen LogP contribution in [-0.4, -0.2) is 24.8 Å². The topological polar surface area (TPSA) is 38.7 Å². The molecular formula is C18H19F2NO2. The molecule has 122 valence electrons. The second kappa shape index (κ2) is 5.87. The number of halogens is 2. The van der Waals surface area contributed by atoms with E-state index in [1.807, 2.05) is 6.08 Å². The lowest BCUT2D eigenvalue weighted by atomic mass is 9.96. The minimum atomic E-state index is -2.91. The Morgan fingerprint density at radius 1 is 1.26 bits per heavy atom. The molecule has 1 atom stereocenters. The van der Waals surface area contributed by atoms with E-state index >= 15 is 0 Å². The van der Waals surface area contributed by atoms with E-state index < -0.39 is 12.0 Å². The van der Waals surface area contributed by atoms with Gasteiger partial charge in [0.05, 0.1) is 7.11 Å². The maximum Gasteiger partial charge on any atom is 0.270 e. The molecule has 1 aromatic carbocycles. The van der Waals surface area contributed by atoms with E-state index in [4.69, 9.17) is 4.74 Å². The zero-order chi connectivity index (χ0) is 16.6. The number of methoxy groups -OCH3 is 1. The first-order valence-electron chi connectivity index (χ1n) is 7.75. The average molecular weight is 319 g/mol. The van der Waals surface area contributed by atoms with Gasteiger partial charge in [-0.1, -0.05) is 30.3 Å². The van der Waals surface area contributed by atoms with Gasteiger partial charge in [0.15, 0.2) is 5.78 Å². The predicted octanol–water partition coefficient (Wildman–Crippen LogP) is 4.13. The van der Waals surface area contributed by atoms with Crippen LogP contribution in [0.1, 0.15) is 42.1 Å². The van der Waals surface area contributed by atoms with E-state index in [0.29, 0.717) is 23.8 Å². The van der Waals surface area contributed by atoms with Gasteiger partial charge in [-0.15, -0.1) is 0 Å². The Labute approximate surface area is 134 Å². The molecule has 0 N–H and O–H groups in total. The van der Waals surface area contributed by atoms with Gasteiger partial charge in [-0.05, 0) is 25.2 Å². The Balaban J connectivity index is 1.77. The van der Waals surface area contributed by atoms with Gasteiger partial charge in [0.2, 0.25) is 5.90 Å². The van der Waals surface area contributed by atoms with Gasteiger partial charge >= 0.3 is 0 Å². The molecule has 3 rings (SSSR count). The second-order valence-corrected chi connectivity index (χ2v) is 6.15. The highest BCUT2D eigenvalue weighted by molar-refractivity contribution is 6.04. The molecule has 0 amide bonds. The van der Waals surface area contributed by atoms with E-state index in [-0.39, 0.29) is 11.3 Å². The molecule has 0 saturated heterocycles. The van der Waals surface area contributed by atoms with Crippen LogP contribution in [0.5, 0.6) is 0 Å². The third-order valence-corrected chi connectivity index (χ3v) is 4.27. The van der Waals surface area contributed by atoms with Gasteiger partial charge in [0.25, 0.3) is 5.92 Å². The van der Waals surface area contributed by atoms with Gasteiger partial charge in [-0.2, -0.15) is 0 Å². The molecule has 0 bridgehead atoms. The van der Waals surface area contributed by atoms with Crippen LogP contribution in [0.15, 0.2) is 40.9 Å². The molecule has 1 fully saturated rings. The Kier molecular flexibility index (Phi) is 4.04. The molecule has 3 nitrogen and oxygen atoms in total. The molecule has 0 radical (unpaired) electrons. The number of benzene rings is 1. The lowest BCUT2D eigenvalue weighted by molar-refractivity contribution is 0.0174. The van der Waals surface area contributed by atoms with E-state index in [0.717, 1.165) is 25.3 Å². The van der Waals surface area contributed by atoms with Gasteiger partial charge in [0.1, 0.15) is 6.04 Å². The number of nitrogens with zero attached hydrogens (tertiary/aromatic N) is 1. The number of aliphatic imine (C=N–C) groups is 1. The Morgan fingerprint density at radius 3 is 2.43 bits per heavy atom. The van der Waals surface area contributed by atoms with Crippen molar-refractivity contribution in [1.29, 1.82) is 0 Å². The number of rotatable bonds is 4. The monoisotopic (exact) mass is 319 g/mol. The molecule has 0 spiro atoms. The van der Waals surface area contributed by atoms with E-state index in [1.165, 1.54) is 24.3 Å². The third-order valence-electron chi connectivity index (χ3n) is 4.27. The van der Waals surface area contributed by atoms with Crippen molar-refractivity contribution in [2.45, 2.75) is 38.2 Å². The number of dihydropyridines is 1. The van der Waals surface area contributed by atoms with Crippen molar-refractivity contribution in [3.63, 3.8) is 0 Å². The van der Waals surface area contributed by atoms with Crippen molar-refractivity contribution in [3.8, 4) is 0 Å². The zero-order valence-corrected chi connectivity index (χ0v) is 13.2. The lowest BCUT2D eigenvalue weighted by Gasteiger charge is -2.19. The van der Waals surface area contributed by atoms with Crippen LogP contribution in [0.25, 0.3) is 0 Å². The molecule has 23 heavy (non-hydrogen) atoms. The minimum Gasteiger partial charge on any atom is -0.481 e.